The van der Waals surface area contributed by atoms with Crippen LogP contribution in [0.1, 0.15) is 39.7 Å². The zero-order valence-corrected chi connectivity index (χ0v) is 12.9. The van der Waals surface area contributed by atoms with Gasteiger partial charge < -0.3 is 0 Å². The number of rotatable bonds is 4. The Bertz CT molecular complexity index is 557. The number of sulfone groups is 1. The molecule has 0 amide bonds. The van der Waals surface area contributed by atoms with Crippen molar-refractivity contribution in [2.75, 3.05) is 0 Å². The Morgan fingerprint density at radius 1 is 1.11 bits per heavy atom. The molecule has 1 rings (SSSR count). The summed E-state index contributed by atoms with van der Waals surface area (Å²) >= 11 is 0. The normalized spacial score (nSPS) is 12.9. The largest absolute Gasteiger partial charge is 0.223 e. The van der Waals surface area contributed by atoms with Crippen LogP contribution >= 0.6 is 0 Å². The topological polar surface area (TPSA) is 34.1 Å². The minimum absolute atomic E-state index is 0.299. The highest BCUT2D eigenvalue weighted by Gasteiger charge is 2.18. The van der Waals surface area contributed by atoms with Crippen LogP contribution in [0, 0.1) is 17.8 Å². The van der Waals surface area contributed by atoms with Gasteiger partial charge in [-0.05, 0) is 38.0 Å². The Balaban J connectivity index is 2.83. The molecule has 2 nitrogen and oxygen atoms in total. The maximum Gasteiger partial charge on any atom is 0.180 e. The van der Waals surface area contributed by atoms with Gasteiger partial charge in [-0.2, -0.15) is 0 Å². The molecule has 1 aromatic rings. The van der Waals surface area contributed by atoms with Crippen LogP contribution in [0.5, 0.6) is 0 Å². The van der Waals surface area contributed by atoms with Crippen LogP contribution in [-0.2, 0) is 16.3 Å². The number of hydrogen-bond donors (Lipinski definition) is 0. The van der Waals surface area contributed by atoms with Gasteiger partial charge in [0, 0.05) is 12.3 Å². The van der Waals surface area contributed by atoms with E-state index in [1.165, 1.54) is 0 Å². The Morgan fingerprint density at radius 3 is 2.16 bits per heavy atom. The van der Waals surface area contributed by atoms with Crippen molar-refractivity contribution in [1.82, 2.24) is 0 Å². The molecule has 0 radical (unpaired) electrons. The fourth-order valence-corrected chi connectivity index (χ4v) is 2.83. The minimum Gasteiger partial charge on any atom is -0.223 e. The van der Waals surface area contributed by atoms with Crippen molar-refractivity contribution in [3.05, 3.63) is 29.8 Å². The summed E-state index contributed by atoms with van der Waals surface area (Å²) in [5.41, 5.74) is 1.13. The highest BCUT2D eigenvalue weighted by molar-refractivity contribution is 7.92. The van der Waals surface area contributed by atoms with E-state index in [1.807, 2.05) is 19.1 Å². The van der Waals surface area contributed by atoms with Crippen molar-refractivity contribution in [2.45, 2.75) is 50.7 Å². The van der Waals surface area contributed by atoms with Crippen molar-refractivity contribution >= 4 is 9.84 Å². The average molecular weight is 278 g/mol. The van der Waals surface area contributed by atoms with Crippen molar-refractivity contribution in [2.24, 2.45) is 5.92 Å². The monoisotopic (exact) mass is 278 g/mol. The highest BCUT2D eigenvalue weighted by atomic mass is 32.2. The van der Waals surface area contributed by atoms with Gasteiger partial charge in [0.25, 0.3) is 0 Å². The Labute approximate surface area is 117 Å². The molecule has 0 fully saturated rings. The molecule has 0 bridgehead atoms. The minimum atomic E-state index is -3.16. The first-order valence-electron chi connectivity index (χ1n) is 6.69. The lowest BCUT2D eigenvalue weighted by atomic mass is 10.0. The molecule has 1 unspecified atom stereocenters. The SMILES string of the molecule is CCC#CC(C)Cc1ccc(S(=O)(=O)C(C)C)cc1. The van der Waals surface area contributed by atoms with Crippen molar-refractivity contribution in [3.8, 4) is 11.8 Å². The molecule has 0 aliphatic carbocycles. The Morgan fingerprint density at radius 2 is 1.68 bits per heavy atom. The molecule has 104 valence electrons. The van der Waals surface area contributed by atoms with Crippen LogP contribution in [0.25, 0.3) is 0 Å². The first-order valence-corrected chi connectivity index (χ1v) is 8.23. The van der Waals surface area contributed by atoms with Crippen LogP contribution in [0.3, 0.4) is 0 Å². The lowest BCUT2D eigenvalue weighted by molar-refractivity contribution is 0.587. The zero-order valence-electron chi connectivity index (χ0n) is 12.1. The quantitative estimate of drug-likeness (QED) is 0.790. The van der Waals surface area contributed by atoms with Gasteiger partial charge in [-0.25, -0.2) is 8.42 Å². The lowest BCUT2D eigenvalue weighted by Gasteiger charge is -2.09. The van der Waals surface area contributed by atoms with E-state index in [4.69, 9.17) is 0 Å². The second-order valence-corrected chi connectivity index (χ2v) is 7.52. The van der Waals surface area contributed by atoms with Crippen LogP contribution in [0.4, 0.5) is 0 Å². The first kappa shape index (κ1) is 15.8. The molecule has 0 aromatic heterocycles. The molecule has 0 heterocycles. The average Bonchev–Trinajstić information content (AvgIpc) is 2.36. The summed E-state index contributed by atoms with van der Waals surface area (Å²) in [5.74, 6) is 6.55. The number of hydrogen-bond acceptors (Lipinski definition) is 2. The van der Waals surface area contributed by atoms with E-state index in [2.05, 4.69) is 18.8 Å². The predicted octanol–water partition coefficient (Wildman–Crippen LogP) is 3.46. The zero-order chi connectivity index (χ0) is 14.5. The molecule has 0 spiro atoms. The van der Waals surface area contributed by atoms with E-state index in [9.17, 15) is 8.42 Å². The molecular formula is C16H22O2S. The van der Waals surface area contributed by atoms with E-state index in [-0.39, 0.29) is 5.25 Å². The Kier molecular flexibility index (Phi) is 5.62. The molecule has 19 heavy (non-hydrogen) atoms. The van der Waals surface area contributed by atoms with Gasteiger partial charge in [0.1, 0.15) is 0 Å². The van der Waals surface area contributed by atoms with Gasteiger partial charge in [-0.15, -0.1) is 5.92 Å². The molecule has 1 aromatic carbocycles. The lowest BCUT2D eigenvalue weighted by Crippen LogP contribution is -2.13. The standard InChI is InChI=1S/C16H22O2S/c1-5-6-7-14(4)12-15-8-10-16(11-9-15)19(17,18)13(2)3/h8-11,13-14H,5,12H2,1-4H3. The third-order valence-electron chi connectivity index (χ3n) is 2.94. The van der Waals surface area contributed by atoms with Gasteiger partial charge in [-0.3, -0.25) is 0 Å². The van der Waals surface area contributed by atoms with E-state index >= 15 is 0 Å². The van der Waals surface area contributed by atoms with Crippen LogP contribution < -0.4 is 0 Å². The molecular weight excluding hydrogens is 256 g/mol. The maximum absolute atomic E-state index is 12.0. The van der Waals surface area contributed by atoms with Crippen molar-refractivity contribution in [3.63, 3.8) is 0 Å². The summed E-state index contributed by atoms with van der Waals surface area (Å²) in [6.45, 7) is 7.52. The summed E-state index contributed by atoms with van der Waals surface area (Å²) < 4.78 is 24.0. The highest BCUT2D eigenvalue weighted by Crippen LogP contribution is 2.17. The first-order chi connectivity index (χ1) is 8.87. The van der Waals surface area contributed by atoms with Gasteiger partial charge >= 0.3 is 0 Å². The van der Waals surface area contributed by atoms with Crippen LogP contribution in [0.2, 0.25) is 0 Å². The molecule has 0 aliphatic heterocycles. The molecule has 0 saturated heterocycles. The molecule has 0 aliphatic rings. The fraction of sp³-hybridized carbons (Fsp3) is 0.500. The Hall–Kier alpha value is -1.27. The number of benzene rings is 1. The van der Waals surface area contributed by atoms with Gasteiger partial charge in [0.15, 0.2) is 9.84 Å². The fourth-order valence-electron chi connectivity index (χ4n) is 1.77. The molecule has 0 saturated carbocycles. The van der Waals surface area contributed by atoms with Crippen LogP contribution in [0.15, 0.2) is 29.2 Å². The van der Waals surface area contributed by atoms with E-state index in [0.29, 0.717) is 10.8 Å². The predicted molar refractivity (Wildman–Crippen MR) is 79.7 cm³/mol. The van der Waals surface area contributed by atoms with E-state index in [0.717, 1.165) is 18.4 Å². The van der Waals surface area contributed by atoms with Crippen LogP contribution in [-0.4, -0.2) is 13.7 Å². The van der Waals surface area contributed by atoms with Gasteiger partial charge in [-0.1, -0.05) is 31.9 Å². The van der Waals surface area contributed by atoms with E-state index < -0.39 is 9.84 Å². The second kappa shape index (κ2) is 6.77. The third-order valence-corrected chi connectivity index (χ3v) is 5.11. The summed E-state index contributed by atoms with van der Waals surface area (Å²) in [6, 6.07) is 7.17. The smallest absolute Gasteiger partial charge is 0.180 e. The molecule has 1 atom stereocenters. The summed E-state index contributed by atoms with van der Waals surface area (Å²) in [4.78, 5) is 0.401. The van der Waals surface area contributed by atoms with Gasteiger partial charge in [0.05, 0.1) is 10.1 Å². The molecule has 3 heteroatoms. The maximum atomic E-state index is 12.0. The van der Waals surface area contributed by atoms with Gasteiger partial charge in [0.2, 0.25) is 0 Å². The van der Waals surface area contributed by atoms with Crippen molar-refractivity contribution in [1.29, 1.82) is 0 Å². The molecule has 0 N–H and O–H groups in total. The van der Waals surface area contributed by atoms with Crippen molar-refractivity contribution < 1.29 is 8.42 Å². The summed E-state index contributed by atoms with van der Waals surface area (Å²) in [6.07, 6.45) is 1.73. The summed E-state index contributed by atoms with van der Waals surface area (Å²) in [5, 5.41) is -0.382. The second-order valence-electron chi connectivity index (χ2n) is 5.02. The third kappa shape index (κ3) is 4.40. The van der Waals surface area contributed by atoms with E-state index in [1.54, 1.807) is 26.0 Å². The summed E-state index contributed by atoms with van der Waals surface area (Å²) in [7, 11) is -3.16.